The number of rotatable bonds is 4. The molecule has 27 heavy (non-hydrogen) atoms. The number of pyridine rings is 1. The van der Waals surface area contributed by atoms with E-state index in [1.165, 1.54) is 19.2 Å². The average Bonchev–Trinajstić information content (AvgIpc) is 2.61. The van der Waals surface area contributed by atoms with Gasteiger partial charge >= 0.3 is 11.7 Å². The van der Waals surface area contributed by atoms with E-state index in [1.54, 1.807) is 13.0 Å². The third kappa shape index (κ3) is 3.43. The summed E-state index contributed by atoms with van der Waals surface area (Å²) in [5, 5.41) is 12.9. The van der Waals surface area contributed by atoms with E-state index in [0.717, 1.165) is 10.1 Å². The first-order valence-corrected chi connectivity index (χ1v) is 8.46. The molecule has 1 aromatic carbocycles. The van der Waals surface area contributed by atoms with Gasteiger partial charge in [0.25, 0.3) is 5.56 Å². The number of nitrogens with one attached hydrogen (secondary N) is 2. The SMILES string of the molecule is Cc1cc(C(C)Nc2ccc(Cl)nc2C(=O)O)c2[nH]c(=O)n(C)c(=O)c2c1. The van der Waals surface area contributed by atoms with Crippen molar-refractivity contribution in [2.24, 2.45) is 7.05 Å². The number of aromatic amines is 1. The molecule has 0 aliphatic heterocycles. The van der Waals surface area contributed by atoms with Crippen LogP contribution in [0.2, 0.25) is 5.15 Å². The molecule has 0 aliphatic rings. The van der Waals surface area contributed by atoms with Crippen LogP contribution in [0.25, 0.3) is 10.9 Å². The fraction of sp³-hybridized carbons (Fsp3) is 0.222. The van der Waals surface area contributed by atoms with E-state index in [9.17, 15) is 19.5 Å². The van der Waals surface area contributed by atoms with Crippen molar-refractivity contribution in [3.05, 3.63) is 67.1 Å². The Morgan fingerprint density at radius 1 is 1.33 bits per heavy atom. The van der Waals surface area contributed by atoms with E-state index >= 15 is 0 Å². The van der Waals surface area contributed by atoms with Gasteiger partial charge in [-0.1, -0.05) is 17.7 Å². The molecular weight excluding hydrogens is 372 g/mol. The van der Waals surface area contributed by atoms with Crippen molar-refractivity contribution in [2.45, 2.75) is 19.9 Å². The van der Waals surface area contributed by atoms with Gasteiger partial charge in [0.2, 0.25) is 0 Å². The third-order valence-corrected chi connectivity index (χ3v) is 4.50. The van der Waals surface area contributed by atoms with Crippen molar-refractivity contribution >= 4 is 34.2 Å². The Morgan fingerprint density at radius 3 is 2.70 bits per heavy atom. The van der Waals surface area contributed by atoms with Gasteiger partial charge in [-0.05, 0) is 43.2 Å². The Kier molecular flexibility index (Phi) is 4.75. The lowest BCUT2D eigenvalue weighted by atomic mass is 10.0. The molecule has 1 unspecified atom stereocenters. The molecule has 2 aromatic heterocycles. The molecule has 3 rings (SSSR count). The molecule has 140 valence electrons. The summed E-state index contributed by atoms with van der Waals surface area (Å²) in [5.41, 5.74) is 1.05. The van der Waals surface area contributed by atoms with Gasteiger partial charge in [-0.15, -0.1) is 0 Å². The first-order valence-electron chi connectivity index (χ1n) is 8.09. The van der Waals surface area contributed by atoms with Gasteiger partial charge in [-0.2, -0.15) is 0 Å². The van der Waals surface area contributed by atoms with Crippen molar-refractivity contribution in [2.75, 3.05) is 5.32 Å². The number of H-pyrrole nitrogens is 1. The molecule has 8 nitrogen and oxygen atoms in total. The summed E-state index contributed by atoms with van der Waals surface area (Å²) in [5.74, 6) is -1.22. The van der Waals surface area contributed by atoms with E-state index in [4.69, 9.17) is 11.6 Å². The monoisotopic (exact) mass is 388 g/mol. The topological polar surface area (TPSA) is 117 Å². The molecule has 0 fully saturated rings. The van der Waals surface area contributed by atoms with Crippen LogP contribution < -0.4 is 16.6 Å². The second-order valence-corrected chi connectivity index (χ2v) is 6.66. The maximum Gasteiger partial charge on any atom is 0.356 e. The Hall–Kier alpha value is -3.13. The van der Waals surface area contributed by atoms with Crippen molar-refractivity contribution in [1.29, 1.82) is 0 Å². The molecule has 1 atom stereocenters. The maximum atomic E-state index is 12.4. The Labute approximate surface area is 158 Å². The second kappa shape index (κ2) is 6.88. The third-order valence-electron chi connectivity index (χ3n) is 4.29. The lowest BCUT2D eigenvalue weighted by molar-refractivity contribution is 0.0691. The average molecular weight is 389 g/mol. The summed E-state index contributed by atoms with van der Waals surface area (Å²) >= 11 is 5.78. The lowest BCUT2D eigenvalue weighted by Crippen LogP contribution is -2.33. The zero-order valence-corrected chi connectivity index (χ0v) is 15.6. The van der Waals surface area contributed by atoms with Crippen LogP contribution in [0.1, 0.15) is 34.6 Å². The number of fused-ring (bicyclic) bond motifs is 1. The molecule has 0 saturated carbocycles. The Morgan fingerprint density at radius 2 is 2.04 bits per heavy atom. The molecular formula is C18H17ClN4O4. The summed E-state index contributed by atoms with van der Waals surface area (Å²) in [6, 6.07) is 6.12. The van der Waals surface area contributed by atoms with Crippen molar-refractivity contribution < 1.29 is 9.90 Å². The highest BCUT2D eigenvalue weighted by molar-refractivity contribution is 6.29. The molecule has 9 heteroatoms. The quantitative estimate of drug-likeness (QED) is 0.591. The van der Waals surface area contributed by atoms with Gasteiger partial charge in [-0.25, -0.2) is 14.6 Å². The van der Waals surface area contributed by atoms with E-state index in [-0.39, 0.29) is 16.5 Å². The summed E-state index contributed by atoms with van der Waals surface area (Å²) in [7, 11) is 1.41. The number of nitrogens with zero attached hydrogens (tertiary/aromatic N) is 2. The van der Waals surface area contributed by atoms with Gasteiger partial charge in [0.05, 0.1) is 22.6 Å². The van der Waals surface area contributed by atoms with Crippen LogP contribution in [-0.4, -0.2) is 25.6 Å². The smallest absolute Gasteiger partial charge is 0.356 e. The standard InChI is InChI=1S/C18H17ClN4O4/c1-8-6-10(14-11(7-8)16(24)23(3)18(27)22-14)9(2)20-12-4-5-13(19)21-15(12)17(25)26/h4-7,9,20H,1-3H3,(H,22,27)(H,25,26). The second-order valence-electron chi connectivity index (χ2n) is 6.27. The Bertz CT molecular complexity index is 1180. The largest absolute Gasteiger partial charge is 0.476 e. The highest BCUT2D eigenvalue weighted by Gasteiger charge is 2.18. The molecule has 0 amide bonds. The number of carboxylic acid groups (broad SMARTS) is 1. The molecule has 0 saturated heterocycles. The number of aromatic carboxylic acids is 1. The van der Waals surface area contributed by atoms with Crippen LogP contribution >= 0.6 is 11.6 Å². The van der Waals surface area contributed by atoms with Crippen LogP contribution in [0.4, 0.5) is 5.69 Å². The fourth-order valence-corrected chi connectivity index (χ4v) is 3.10. The van der Waals surface area contributed by atoms with Crippen molar-refractivity contribution in [3.63, 3.8) is 0 Å². The number of benzene rings is 1. The molecule has 0 bridgehead atoms. The number of hydrogen-bond acceptors (Lipinski definition) is 5. The maximum absolute atomic E-state index is 12.4. The van der Waals surface area contributed by atoms with Crippen LogP contribution in [0.15, 0.2) is 33.9 Å². The summed E-state index contributed by atoms with van der Waals surface area (Å²) in [6.45, 7) is 3.64. The van der Waals surface area contributed by atoms with Gasteiger partial charge < -0.3 is 15.4 Å². The van der Waals surface area contributed by atoms with Crippen LogP contribution in [0.5, 0.6) is 0 Å². The number of hydrogen-bond donors (Lipinski definition) is 3. The fourth-order valence-electron chi connectivity index (χ4n) is 2.95. The number of carbonyl (C=O) groups is 1. The Balaban J connectivity index is 2.15. The predicted octanol–water partition coefficient (Wildman–Crippen LogP) is 2.45. The van der Waals surface area contributed by atoms with E-state index in [2.05, 4.69) is 15.3 Å². The summed E-state index contributed by atoms with van der Waals surface area (Å²) in [6.07, 6.45) is 0. The van der Waals surface area contributed by atoms with Gasteiger partial charge in [-0.3, -0.25) is 9.36 Å². The predicted molar refractivity (Wildman–Crippen MR) is 103 cm³/mol. The first-order chi connectivity index (χ1) is 12.7. The molecule has 0 aliphatic carbocycles. The summed E-state index contributed by atoms with van der Waals surface area (Å²) < 4.78 is 1.01. The van der Waals surface area contributed by atoms with Gasteiger partial charge in [0.1, 0.15) is 5.15 Å². The van der Waals surface area contributed by atoms with Crippen LogP contribution in [0, 0.1) is 6.92 Å². The van der Waals surface area contributed by atoms with Gasteiger partial charge in [0, 0.05) is 7.05 Å². The number of aromatic nitrogens is 3. The highest BCUT2D eigenvalue weighted by Crippen LogP contribution is 2.27. The molecule has 0 radical (unpaired) electrons. The minimum absolute atomic E-state index is 0.0689. The molecule has 2 heterocycles. The molecule has 3 N–H and O–H groups in total. The van der Waals surface area contributed by atoms with Crippen molar-refractivity contribution in [1.82, 2.24) is 14.5 Å². The number of aryl methyl sites for hydroxylation is 1. The van der Waals surface area contributed by atoms with E-state index in [0.29, 0.717) is 16.5 Å². The van der Waals surface area contributed by atoms with E-state index in [1.807, 2.05) is 13.0 Å². The minimum atomic E-state index is -1.22. The highest BCUT2D eigenvalue weighted by atomic mass is 35.5. The number of carboxylic acids is 1. The van der Waals surface area contributed by atoms with Crippen molar-refractivity contribution in [3.8, 4) is 0 Å². The lowest BCUT2D eigenvalue weighted by Gasteiger charge is -2.19. The molecule has 0 spiro atoms. The summed E-state index contributed by atoms with van der Waals surface area (Å²) in [4.78, 5) is 42.5. The zero-order chi connectivity index (χ0) is 19.9. The number of halogens is 1. The zero-order valence-electron chi connectivity index (χ0n) is 14.8. The minimum Gasteiger partial charge on any atom is -0.476 e. The van der Waals surface area contributed by atoms with Crippen LogP contribution in [0.3, 0.4) is 0 Å². The molecule has 3 aromatic rings. The van der Waals surface area contributed by atoms with Crippen LogP contribution in [-0.2, 0) is 7.05 Å². The van der Waals surface area contributed by atoms with Gasteiger partial charge in [0.15, 0.2) is 5.69 Å². The number of anilines is 1. The first kappa shape index (κ1) is 18.7. The normalized spacial score (nSPS) is 12.1. The van der Waals surface area contributed by atoms with E-state index < -0.39 is 23.3 Å².